The highest BCUT2D eigenvalue weighted by Gasteiger charge is 2.24. The zero-order chi connectivity index (χ0) is 14.0. The number of hydrogen-bond donors (Lipinski definition) is 1. The van der Waals surface area contributed by atoms with E-state index in [2.05, 4.69) is 5.32 Å². The number of benzene rings is 1. The van der Waals surface area contributed by atoms with Crippen LogP contribution in [0.1, 0.15) is 25.8 Å². The lowest BCUT2D eigenvalue weighted by atomic mass is 10.0. The molecule has 0 bridgehead atoms. The van der Waals surface area contributed by atoms with E-state index in [1.54, 1.807) is 18.2 Å². The Kier molecular flexibility index (Phi) is 3.91. The summed E-state index contributed by atoms with van der Waals surface area (Å²) in [5.74, 6) is -0.0214. The first-order chi connectivity index (χ1) is 8.98. The zero-order valence-corrected chi connectivity index (χ0v) is 12.0. The van der Waals surface area contributed by atoms with Gasteiger partial charge in [0.05, 0.1) is 4.90 Å². The lowest BCUT2D eigenvalue weighted by Crippen LogP contribution is -2.31. The standard InChI is InChI=1S/C13H18N2O3S/c1-3-15(4-2)19(17,18)11-6-7-12-10(9-11)5-8-13(16)14-12/h6-7,9H,3-5,8H2,1-2H3,(H,14,16). The summed E-state index contributed by atoms with van der Waals surface area (Å²) in [7, 11) is -3.43. The van der Waals surface area contributed by atoms with Gasteiger partial charge in [0.25, 0.3) is 0 Å². The Balaban J connectivity index is 2.40. The quantitative estimate of drug-likeness (QED) is 0.912. The van der Waals surface area contributed by atoms with Gasteiger partial charge in [-0.15, -0.1) is 0 Å². The van der Waals surface area contributed by atoms with Crippen LogP contribution in [0.3, 0.4) is 0 Å². The number of carbonyl (C=O) groups excluding carboxylic acids is 1. The van der Waals surface area contributed by atoms with E-state index in [1.807, 2.05) is 13.8 Å². The number of fused-ring (bicyclic) bond motifs is 1. The van der Waals surface area contributed by atoms with Crippen molar-refractivity contribution in [2.24, 2.45) is 0 Å². The molecular formula is C13H18N2O3S. The maximum Gasteiger partial charge on any atom is 0.243 e. The normalized spacial score (nSPS) is 15.2. The Hall–Kier alpha value is -1.40. The van der Waals surface area contributed by atoms with Crippen molar-refractivity contribution in [2.45, 2.75) is 31.6 Å². The first-order valence-corrected chi connectivity index (χ1v) is 7.86. The average molecular weight is 282 g/mol. The van der Waals surface area contributed by atoms with E-state index < -0.39 is 10.0 Å². The van der Waals surface area contributed by atoms with Crippen LogP contribution >= 0.6 is 0 Å². The second-order valence-corrected chi connectivity index (χ2v) is 6.39. The Morgan fingerprint density at radius 2 is 1.89 bits per heavy atom. The van der Waals surface area contributed by atoms with Gasteiger partial charge in [0.1, 0.15) is 0 Å². The monoisotopic (exact) mass is 282 g/mol. The minimum Gasteiger partial charge on any atom is -0.326 e. The minimum atomic E-state index is -3.43. The molecule has 6 heteroatoms. The molecule has 0 aliphatic carbocycles. The van der Waals surface area contributed by atoms with Crippen LogP contribution in [0.25, 0.3) is 0 Å². The number of nitrogens with one attached hydrogen (secondary N) is 1. The summed E-state index contributed by atoms with van der Waals surface area (Å²) >= 11 is 0. The Morgan fingerprint density at radius 1 is 1.21 bits per heavy atom. The van der Waals surface area contributed by atoms with Gasteiger partial charge in [0, 0.05) is 25.2 Å². The van der Waals surface area contributed by atoms with Crippen LogP contribution in [0.4, 0.5) is 5.69 Å². The van der Waals surface area contributed by atoms with Crippen molar-refractivity contribution in [3.63, 3.8) is 0 Å². The fourth-order valence-electron chi connectivity index (χ4n) is 2.23. The van der Waals surface area contributed by atoms with E-state index in [1.165, 1.54) is 4.31 Å². The molecule has 1 aromatic carbocycles. The maximum absolute atomic E-state index is 12.4. The number of nitrogens with zero attached hydrogens (tertiary/aromatic N) is 1. The van der Waals surface area contributed by atoms with Crippen LogP contribution in [0.15, 0.2) is 23.1 Å². The molecule has 2 rings (SSSR count). The lowest BCUT2D eigenvalue weighted by molar-refractivity contribution is -0.116. The summed E-state index contributed by atoms with van der Waals surface area (Å²) < 4.78 is 26.2. The second kappa shape index (κ2) is 5.30. The van der Waals surface area contributed by atoms with Crippen molar-refractivity contribution in [3.8, 4) is 0 Å². The van der Waals surface area contributed by atoms with Gasteiger partial charge in [-0.3, -0.25) is 4.79 Å². The predicted octanol–water partition coefficient (Wildman–Crippen LogP) is 1.60. The predicted molar refractivity (Wildman–Crippen MR) is 73.5 cm³/mol. The molecule has 0 unspecified atom stereocenters. The molecule has 0 aromatic heterocycles. The molecule has 0 saturated carbocycles. The molecule has 1 aliphatic rings. The molecule has 1 amide bonds. The van der Waals surface area contributed by atoms with Crippen molar-refractivity contribution in [1.29, 1.82) is 0 Å². The summed E-state index contributed by atoms with van der Waals surface area (Å²) in [6, 6.07) is 4.89. The molecule has 0 spiro atoms. The lowest BCUT2D eigenvalue weighted by Gasteiger charge is -2.21. The molecular weight excluding hydrogens is 264 g/mol. The summed E-state index contributed by atoms with van der Waals surface area (Å²) in [4.78, 5) is 11.6. The highest BCUT2D eigenvalue weighted by molar-refractivity contribution is 7.89. The van der Waals surface area contributed by atoms with E-state index >= 15 is 0 Å². The van der Waals surface area contributed by atoms with Gasteiger partial charge in [0.2, 0.25) is 15.9 Å². The summed E-state index contributed by atoms with van der Waals surface area (Å²) in [6.07, 6.45) is 0.991. The summed E-state index contributed by atoms with van der Waals surface area (Å²) in [5.41, 5.74) is 1.60. The van der Waals surface area contributed by atoms with Crippen LogP contribution in [0.5, 0.6) is 0 Å². The molecule has 0 atom stereocenters. The van der Waals surface area contributed by atoms with E-state index in [-0.39, 0.29) is 5.91 Å². The van der Waals surface area contributed by atoms with Gasteiger partial charge in [-0.2, -0.15) is 4.31 Å². The van der Waals surface area contributed by atoms with Crippen LogP contribution < -0.4 is 5.32 Å². The van der Waals surface area contributed by atoms with Crippen LogP contribution in [-0.2, 0) is 21.2 Å². The van der Waals surface area contributed by atoms with E-state index in [0.29, 0.717) is 30.8 Å². The number of carbonyl (C=O) groups is 1. The molecule has 1 aliphatic heterocycles. The Morgan fingerprint density at radius 3 is 2.53 bits per heavy atom. The molecule has 0 fully saturated rings. The summed E-state index contributed by atoms with van der Waals surface area (Å²) in [5, 5.41) is 2.75. The Bertz CT molecular complexity index is 592. The van der Waals surface area contributed by atoms with Gasteiger partial charge in [-0.25, -0.2) is 8.42 Å². The largest absolute Gasteiger partial charge is 0.326 e. The molecule has 1 aromatic rings. The number of sulfonamides is 1. The van der Waals surface area contributed by atoms with Gasteiger partial charge in [0.15, 0.2) is 0 Å². The Labute approximate surface area is 113 Å². The molecule has 5 nitrogen and oxygen atoms in total. The van der Waals surface area contributed by atoms with Crippen molar-refractivity contribution >= 4 is 21.6 Å². The third kappa shape index (κ3) is 2.64. The maximum atomic E-state index is 12.4. The number of rotatable bonds is 4. The number of anilines is 1. The topological polar surface area (TPSA) is 66.5 Å². The van der Waals surface area contributed by atoms with E-state index in [9.17, 15) is 13.2 Å². The first-order valence-electron chi connectivity index (χ1n) is 6.42. The molecule has 1 N–H and O–H groups in total. The highest BCUT2D eigenvalue weighted by atomic mass is 32.2. The molecule has 0 saturated heterocycles. The highest BCUT2D eigenvalue weighted by Crippen LogP contribution is 2.26. The van der Waals surface area contributed by atoms with Crippen molar-refractivity contribution in [2.75, 3.05) is 18.4 Å². The van der Waals surface area contributed by atoms with Crippen molar-refractivity contribution < 1.29 is 13.2 Å². The second-order valence-electron chi connectivity index (χ2n) is 4.46. The number of amides is 1. The van der Waals surface area contributed by atoms with Gasteiger partial charge in [-0.1, -0.05) is 13.8 Å². The SMILES string of the molecule is CCN(CC)S(=O)(=O)c1ccc2c(c1)CCC(=O)N2. The number of hydrogen-bond acceptors (Lipinski definition) is 3. The fourth-order valence-corrected chi connectivity index (χ4v) is 3.74. The van der Waals surface area contributed by atoms with E-state index in [4.69, 9.17) is 0 Å². The molecule has 104 valence electrons. The van der Waals surface area contributed by atoms with Crippen LogP contribution in [-0.4, -0.2) is 31.7 Å². The molecule has 0 radical (unpaired) electrons. The van der Waals surface area contributed by atoms with Gasteiger partial charge < -0.3 is 5.32 Å². The van der Waals surface area contributed by atoms with Crippen molar-refractivity contribution in [3.05, 3.63) is 23.8 Å². The summed E-state index contributed by atoms with van der Waals surface area (Å²) in [6.45, 7) is 4.54. The third-order valence-corrected chi connectivity index (χ3v) is 5.36. The van der Waals surface area contributed by atoms with Crippen LogP contribution in [0, 0.1) is 0 Å². The number of aryl methyl sites for hydroxylation is 1. The molecule has 1 heterocycles. The minimum absolute atomic E-state index is 0.0214. The van der Waals surface area contributed by atoms with Crippen LogP contribution in [0.2, 0.25) is 0 Å². The average Bonchev–Trinajstić information content (AvgIpc) is 2.39. The fraction of sp³-hybridized carbons (Fsp3) is 0.462. The van der Waals surface area contributed by atoms with Gasteiger partial charge >= 0.3 is 0 Å². The zero-order valence-electron chi connectivity index (χ0n) is 11.1. The third-order valence-electron chi connectivity index (χ3n) is 3.32. The van der Waals surface area contributed by atoms with E-state index in [0.717, 1.165) is 11.3 Å². The smallest absolute Gasteiger partial charge is 0.243 e. The first kappa shape index (κ1) is 14.0. The van der Waals surface area contributed by atoms with Gasteiger partial charge in [-0.05, 0) is 30.2 Å². The molecule has 19 heavy (non-hydrogen) atoms. The van der Waals surface area contributed by atoms with Crippen molar-refractivity contribution in [1.82, 2.24) is 4.31 Å².